The van der Waals surface area contributed by atoms with Gasteiger partial charge in [0.25, 0.3) is 0 Å². The molecule has 1 aromatic heterocycles. The Bertz CT molecular complexity index is 458. The van der Waals surface area contributed by atoms with Gasteiger partial charge in [-0.1, -0.05) is 11.6 Å². The van der Waals surface area contributed by atoms with Crippen molar-refractivity contribution < 1.29 is 5.03 Å². The van der Waals surface area contributed by atoms with Gasteiger partial charge in [-0.3, -0.25) is 9.80 Å². The summed E-state index contributed by atoms with van der Waals surface area (Å²) in [6, 6.07) is 0. The molecule has 0 amide bonds. The molecular formula is C9H15ClN6O2S. The van der Waals surface area contributed by atoms with E-state index in [0.717, 1.165) is 4.88 Å². The van der Waals surface area contributed by atoms with E-state index >= 15 is 0 Å². The van der Waals surface area contributed by atoms with Crippen LogP contribution in [-0.2, 0) is 6.54 Å². The first-order valence-electron chi connectivity index (χ1n) is 5.59. The Morgan fingerprint density at radius 3 is 2.95 bits per heavy atom. The lowest BCUT2D eigenvalue weighted by Gasteiger charge is -2.43. The van der Waals surface area contributed by atoms with Gasteiger partial charge < -0.3 is 0 Å². The highest BCUT2D eigenvalue weighted by atomic mass is 35.5. The van der Waals surface area contributed by atoms with E-state index in [1.54, 1.807) is 6.20 Å². The van der Waals surface area contributed by atoms with Gasteiger partial charge in [0.15, 0.2) is 15.8 Å². The molecule has 10 heteroatoms. The van der Waals surface area contributed by atoms with Crippen molar-refractivity contribution in [2.45, 2.75) is 12.8 Å². The molecule has 2 rings (SSSR count). The van der Waals surface area contributed by atoms with E-state index in [2.05, 4.69) is 15.3 Å². The van der Waals surface area contributed by atoms with Crippen LogP contribution in [0.1, 0.15) is 4.88 Å². The molecule has 8 nitrogen and oxygen atoms in total. The Balaban J connectivity index is 2.10. The van der Waals surface area contributed by atoms with Crippen molar-refractivity contribution in [1.82, 2.24) is 25.1 Å². The van der Waals surface area contributed by atoms with E-state index in [-0.39, 0.29) is 0 Å². The summed E-state index contributed by atoms with van der Waals surface area (Å²) in [6.07, 6.45) is 1.25. The summed E-state index contributed by atoms with van der Waals surface area (Å²) in [5, 5.41) is 10.2. The quantitative estimate of drug-likeness (QED) is 0.639. The Morgan fingerprint density at radius 2 is 2.37 bits per heavy atom. The normalized spacial score (nSPS) is 22.6. The van der Waals surface area contributed by atoms with Crippen molar-refractivity contribution in [2.75, 3.05) is 27.4 Å². The van der Waals surface area contributed by atoms with Crippen molar-refractivity contribution in [1.29, 1.82) is 0 Å². The molecule has 0 saturated carbocycles. The molecule has 1 aliphatic heterocycles. The molecule has 1 aliphatic rings. The third-order valence-corrected chi connectivity index (χ3v) is 3.86. The number of rotatable bonds is 4. The molecule has 106 valence electrons. The third-order valence-electron chi connectivity index (χ3n) is 2.76. The molecule has 0 spiro atoms. The average Bonchev–Trinajstić information content (AvgIpc) is 2.69. The number of nitrogens with zero attached hydrogens (tertiary/aromatic N) is 5. The van der Waals surface area contributed by atoms with Crippen LogP contribution in [0, 0.1) is 10.1 Å². The molecular weight excluding hydrogens is 292 g/mol. The van der Waals surface area contributed by atoms with Crippen LogP contribution in [0.4, 0.5) is 0 Å². The first kappa shape index (κ1) is 14.4. The number of nitro groups is 1. The second-order valence-electron chi connectivity index (χ2n) is 4.48. The number of hydrogen-bond acceptors (Lipinski definition) is 7. The zero-order valence-electron chi connectivity index (χ0n) is 10.6. The predicted molar refractivity (Wildman–Crippen MR) is 71.8 cm³/mol. The maximum Gasteiger partial charge on any atom is 0.197 e. The Hall–Kier alpha value is -1.00. The van der Waals surface area contributed by atoms with Crippen LogP contribution in [0.15, 0.2) is 6.20 Å². The monoisotopic (exact) mass is 306 g/mol. The summed E-state index contributed by atoms with van der Waals surface area (Å²) in [7, 11) is 3.80. The summed E-state index contributed by atoms with van der Waals surface area (Å²) >= 11 is 7.18. The average molecular weight is 307 g/mol. The Labute approximate surface area is 119 Å². The van der Waals surface area contributed by atoms with Gasteiger partial charge >= 0.3 is 0 Å². The Morgan fingerprint density at radius 1 is 1.63 bits per heavy atom. The summed E-state index contributed by atoms with van der Waals surface area (Å²) in [5.41, 5.74) is 2.33. The fraction of sp³-hybridized carbons (Fsp3) is 0.667. The van der Waals surface area contributed by atoms with Crippen molar-refractivity contribution in [3.8, 4) is 0 Å². The van der Waals surface area contributed by atoms with E-state index < -0.39 is 11.3 Å². The fourth-order valence-corrected chi connectivity index (χ4v) is 3.14. The van der Waals surface area contributed by atoms with Crippen molar-refractivity contribution in [3.05, 3.63) is 25.7 Å². The molecule has 0 aromatic carbocycles. The molecule has 0 radical (unpaired) electrons. The second-order valence-corrected chi connectivity index (χ2v) is 6.18. The number of aromatic nitrogens is 1. The van der Waals surface area contributed by atoms with Gasteiger partial charge in [0.2, 0.25) is 0 Å². The Kier molecular flexibility index (Phi) is 4.53. The highest BCUT2D eigenvalue weighted by molar-refractivity contribution is 7.15. The summed E-state index contributed by atoms with van der Waals surface area (Å²) in [4.78, 5) is 21.5. The maximum atomic E-state index is 10.7. The van der Waals surface area contributed by atoms with E-state index in [9.17, 15) is 10.1 Å². The van der Waals surface area contributed by atoms with E-state index in [1.807, 2.05) is 23.9 Å². The highest BCUT2D eigenvalue weighted by Crippen LogP contribution is 2.21. The number of thiazole rings is 1. The van der Waals surface area contributed by atoms with Gasteiger partial charge in [0.1, 0.15) is 0 Å². The smallest absolute Gasteiger partial charge is 0.197 e. The number of halogens is 1. The minimum absolute atomic E-state index is 0.452. The van der Waals surface area contributed by atoms with Gasteiger partial charge in [0.05, 0.1) is 13.3 Å². The van der Waals surface area contributed by atoms with Crippen LogP contribution >= 0.6 is 22.9 Å². The van der Waals surface area contributed by atoms with Crippen LogP contribution in [0.3, 0.4) is 0 Å². The molecule has 1 atom stereocenters. The minimum atomic E-state index is -0.515. The first-order chi connectivity index (χ1) is 8.95. The third kappa shape index (κ3) is 3.74. The molecule has 0 aliphatic carbocycles. The van der Waals surface area contributed by atoms with Crippen LogP contribution in [-0.4, -0.2) is 58.4 Å². The van der Waals surface area contributed by atoms with Crippen LogP contribution in [0.2, 0.25) is 4.47 Å². The molecule has 1 aromatic rings. The van der Waals surface area contributed by atoms with Crippen molar-refractivity contribution in [2.24, 2.45) is 0 Å². The van der Waals surface area contributed by atoms with E-state index in [1.165, 1.54) is 11.3 Å². The van der Waals surface area contributed by atoms with E-state index in [0.29, 0.717) is 24.3 Å². The lowest BCUT2D eigenvalue weighted by Crippen LogP contribution is -2.64. The maximum absolute atomic E-state index is 10.7. The van der Waals surface area contributed by atoms with Gasteiger partial charge in [-0.05, 0) is 14.1 Å². The molecule has 1 N–H and O–H groups in total. The highest BCUT2D eigenvalue weighted by Gasteiger charge is 2.32. The zero-order chi connectivity index (χ0) is 14.0. The van der Waals surface area contributed by atoms with Crippen LogP contribution in [0.5, 0.6) is 0 Å². The number of hydrogen-bond donors (Lipinski definition) is 1. The lowest BCUT2D eigenvalue weighted by molar-refractivity contribution is -0.564. The predicted octanol–water partition coefficient (Wildman–Crippen LogP) is 0.456. The van der Waals surface area contributed by atoms with Crippen LogP contribution < -0.4 is 5.43 Å². The molecule has 1 fully saturated rings. The standard InChI is InChI=1S/C9H15ClN6O2S/c1-13-5-14(2)9(12-16(17)18)15(6-13)4-7-3-11-8(10)19-7/h3,9,12H,4-6H2,1-2H3. The van der Waals surface area contributed by atoms with Gasteiger partial charge in [-0.25, -0.2) is 20.0 Å². The van der Waals surface area contributed by atoms with Crippen molar-refractivity contribution >= 4 is 22.9 Å². The number of nitrogens with one attached hydrogen (secondary N) is 1. The van der Waals surface area contributed by atoms with Gasteiger partial charge in [-0.2, -0.15) is 0 Å². The molecule has 1 unspecified atom stereocenters. The largest absolute Gasteiger partial charge is 0.280 e. The second kappa shape index (κ2) is 5.97. The summed E-state index contributed by atoms with van der Waals surface area (Å²) < 4.78 is 0.479. The van der Waals surface area contributed by atoms with Crippen molar-refractivity contribution in [3.63, 3.8) is 0 Å². The topological polar surface area (TPSA) is 77.8 Å². The first-order valence-corrected chi connectivity index (χ1v) is 6.79. The lowest BCUT2D eigenvalue weighted by atomic mass is 10.4. The van der Waals surface area contributed by atoms with Gasteiger partial charge in [0, 0.05) is 17.6 Å². The summed E-state index contributed by atoms with van der Waals surface area (Å²) in [6.45, 7) is 1.85. The SMILES string of the molecule is CN1CN(C)C(N[N+](=O)[O-])N(Cc2cnc(Cl)s2)C1. The molecule has 2 heterocycles. The number of hydrazine groups is 1. The minimum Gasteiger partial charge on any atom is -0.280 e. The molecule has 0 bridgehead atoms. The van der Waals surface area contributed by atoms with Gasteiger partial charge in [-0.15, -0.1) is 16.8 Å². The summed E-state index contributed by atoms with van der Waals surface area (Å²) in [5.74, 6) is 0. The molecule has 19 heavy (non-hydrogen) atoms. The van der Waals surface area contributed by atoms with Crippen LogP contribution in [0.25, 0.3) is 0 Å². The van der Waals surface area contributed by atoms with E-state index in [4.69, 9.17) is 11.6 Å². The fourth-order valence-electron chi connectivity index (χ4n) is 2.14. The molecule has 1 saturated heterocycles. The zero-order valence-corrected chi connectivity index (χ0v) is 12.2.